The van der Waals surface area contributed by atoms with Gasteiger partial charge in [-0.2, -0.15) is 0 Å². The highest BCUT2D eigenvalue weighted by atomic mass is 15.2. The fraction of sp³-hybridized carbons (Fsp3) is 0.176. The molecule has 0 fully saturated rings. The van der Waals surface area contributed by atoms with Crippen LogP contribution >= 0.6 is 0 Å². The first-order valence-electron chi connectivity index (χ1n) is 7.29. The monoisotopic (exact) mass is 306 g/mol. The van der Waals surface area contributed by atoms with E-state index in [1.807, 2.05) is 38.2 Å². The molecule has 6 nitrogen and oxygen atoms in total. The van der Waals surface area contributed by atoms with Gasteiger partial charge in [0.2, 0.25) is 0 Å². The van der Waals surface area contributed by atoms with Crippen molar-refractivity contribution >= 4 is 11.6 Å². The van der Waals surface area contributed by atoms with Crippen LogP contribution < -0.4 is 10.6 Å². The number of hydrogen-bond acceptors (Lipinski definition) is 6. The van der Waals surface area contributed by atoms with Gasteiger partial charge in [-0.1, -0.05) is 6.07 Å². The summed E-state index contributed by atoms with van der Waals surface area (Å²) in [6.45, 7) is 2.66. The highest BCUT2D eigenvalue weighted by Crippen LogP contribution is 2.20. The van der Waals surface area contributed by atoms with E-state index in [2.05, 4.69) is 24.8 Å². The van der Waals surface area contributed by atoms with Crippen molar-refractivity contribution in [3.8, 4) is 11.4 Å². The third-order valence-corrected chi connectivity index (χ3v) is 3.44. The summed E-state index contributed by atoms with van der Waals surface area (Å²) in [5.41, 5.74) is 8.57. The standard InChI is InChI=1S/C17H18N6/c1-12-9-16(22-17(21-12)14-5-7-19-8-6-14)23(2)11-13-3-4-15(18)20-10-13/h3-10H,11H2,1-2H3,(H2,18,20). The van der Waals surface area contributed by atoms with Crippen molar-refractivity contribution in [3.63, 3.8) is 0 Å². The van der Waals surface area contributed by atoms with Crippen molar-refractivity contribution in [3.05, 3.63) is 60.2 Å². The zero-order chi connectivity index (χ0) is 16.2. The Morgan fingerprint density at radius 1 is 1.09 bits per heavy atom. The Hall–Kier alpha value is -3.02. The lowest BCUT2D eigenvalue weighted by molar-refractivity contribution is 0.883. The number of pyridine rings is 2. The van der Waals surface area contributed by atoms with Gasteiger partial charge in [0.25, 0.3) is 0 Å². The number of aryl methyl sites for hydroxylation is 1. The lowest BCUT2D eigenvalue weighted by Crippen LogP contribution is -2.18. The van der Waals surface area contributed by atoms with Gasteiger partial charge in [-0.15, -0.1) is 0 Å². The largest absolute Gasteiger partial charge is 0.384 e. The van der Waals surface area contributed by atoms with Crippen LogP contribution in [0, 0.1) is 6.92 Å². The molecule has 3 heterocycles. The van der Waals surface area contributed by atoms with Crippen LogP contribution in [-0.4, -0.2) is 27.0 Å². The van der Waals surface area contributed by atoms with E-state index in [0.717, 1.165) is 22.6 Å². The Kier molecular flexibility index (Phi) is 4.14. The van der Waals surface area contributed by atoms with Crippen molar-refractivity contribution in [2.45, 2.75) is 13.5 Å². The summed E-state index contributed by atoms with van der Waals surface area (Å²) < 4.78 is 0. The van der Waals surface area contributed by atoms with Gasteiger partial charge in [0.1, 0.15) is 11.6 Å². The van der Waals surface area contributed by atoms with Crippen molar-refractivity contribution in [1.82, 2.24) is 19.9 Å². The van der Waals surface area contributed by atoms with E-state index in [4.69, 9.17) is 5.73 Å². The topological polar surface area (TPSA) is 80.8 Å². The molecule has 0 aromatic carbocycles. The van der Waals surface area contributed by atoms with Gasteiger partial charge in [0.05, 0.1) is 0 Å². The molecule has 0 aliphatic heterocycles. The van der Waals surface area contributed by atoms with Gasteiger partial charge in [0.15, 0.2) is 5.82 Å². The first-order valence-corrected chi connectivity index (χ1v) is 7.29. The highest BCUT2D eigenvalue weighted by Gasteiger charge is 2.09. The zero-order valence-corrected chi connectivity index (χ0v) is 13.1. The molecule has 3 aromatic rings. The number of hydrogen-bond donors (Lipinski definition) is 1. The maximum absolute atomic E-state index is 5.62. The smallest absolute Gasteiger partial charge is 0.161 e. The number of nitrogens with two attached hydrogens (primary N) is 1. The van der Waals surface area contributed by atoms with Crippen LogP contribution in [0.3, 0.4) is 0 Å². The van der Waals surface area contributed by atoms with E-state index in [0.29, 0.717) is 18.2 Å². The van der Waals surface area contributed by atoms with Crippen LogP contribution in [0.15, 0.2) is 48.9 Å². The molecule has 3 rings (SSSR count). The van der Waals surface area contributed by atoms with Gasteiger partial charge in [-0.25, -0.2) is 15.0 Å². The van der Waals surface area contributed by atoms with E-state index >= 15 is 0 Å². The van der Waals surface area contributed by atoms with Crippen molar-refractivity contribution in [1.29, 1.82) is 0 Å². The van der Waals surface area contributed by atoms with Gasteiger partial charge in [-0.05, 0) is 30.7 Å². The second kappa shape index (κ2) is 6.39. The average Bonchev–Trinajstić information content (AvgIpc) is 2.57. The third-order valence-electron chi connectivity index (χ3n) is 3.44. The fourth-order valence-electron chi connectivity index (χ4n) is 2.26. The van der Waals surface area contributed by atoms with Gasteiger partial charge in [0, 0.05) is 49.5 Å². The molecule has 3 aromatic heterocycles. The van der Waals surface area contributed by atoms with Crippen molar-refractivity contribution in [2.75, 3.05) is 17.7 Å². The fourth-order valence-corrected chi connectivity index (χ4v) is 2.26. The molecule has 0 saturated carbocycles. The number of rotatable bonds is 4. The second-order valence-electron chi connectivity index (χ2n) is 5.37. The van der Waals surface area contributed by atoms with Crippen LogP contribution in [0.4, 0.5) is 11.6 Å². The lowest BCUT2D eigenvalue weighted by atomic mass is 10.2. The van der Waals surface area contributed by atoms with Crippen LogP contribution in [0.5, 0.6) is 0 Å². The summed E-state index contributed by atoms with van der Waals surface area (Å²) in [4.78, 5) is 19.4. The molecule has 0 radical (unpaired) electrons. The zero-order valence-electron chi connectivity index (χ0n) is 13.1. The molecule has 0 unspecified atom stereocenters. The van der Waals surface area contributed by atoms with Crippen LogP contribution in [-0.2, 0) is 6.54 Å². The normalized spacial score (nSPS) is 10.5. The Bertz CT molecular complexity index is 786. The molecule has 0 spiro atoms. The van der Waals surface area contributed by atoms with E-state index < -0.39 is 0 Å². The Balaban J connectivity index is 1.87. The van der Waals surface area contributed by atoms with E-state index in [1.165, 1.54) is 0 Å². The Morgan fingerprint density at radius 2 is 1.87 bits per heavy atom. The summed E-state index contributed by atoms with van der Waals surface area (Å²) in [7, 11) is 1.99. The summed E-state index contributed by atoms with van der Waals surface area (Å²) >= 11 is 0. The molecule has 0 aliphatic carbocycles. The summed E-state index contributed by atoms with van der Waals surface area (Å²) in [5.74, 6) is 2.08. The molecule has 23 heavy (non-hydrogen) atoms. The van der Waals surface area contributed by atoms with Gasteiger partial charge < -0.3 is 10.6 Å². The predicted octanol–water partition coefficient (Wildman–Crippen LogP) is 2.46. The van der Waals surface area contributed by atoms with Crippen molar-refractivity contribution < 1.29 is 0 Å². The van der Waals surface area contributed by atoms with Crippen LogP contribution in [0.1, 0.15) is 11.3 Å². The minimum Gasteiger partial charge on any atom is -0.384 e. The Labute approximate surface area is 135 Å². The van der Waals surface area contributed by atoms with Gasteiger partial charge >= 0.3 is 0 Å². The minimum atomic E-state index is 0.522. The summed E-state index contributed by atoms with van der Waals surface area (Å²) in [6, 6.07) is 9.55. The molecule has 2 N–H and O–H groups in total. The highest BCUT2D eigenvalue weighted by molar-refractivity contribution is 5.57. The van der Waals surface area contributed by atoms with Crippen LogP contribution in [0.2, 0.25) is 0 Å². The third kappa shape index (κ3) is 3.60. The second-order valence-corrected chi connectivity index (χ2v) is 5.37. The van der Waals surface area contributed by atoms with E-state index in [-0.39, 0.29) is 0 Å². The van der Waals surface area contributed by atoms with E-state index in [1.54, 1.807) is 24.7 Å². The molecule has 0 bridgehead atoms. The molecule has 0 amide bonds. The molecule has 0 saturated heterocycles. The molecular weight excluding hydrogens is 288 g/mol. The predicted molar refractivity (Wildman–Crippen MR) is 90.8 cm³/mol. The van der Waals surface area contributed by atoms with E-state index in [9.17, 15) is 0 Å². The Morgan fingerprint density at radius 3 is 2.57 bits per heavy atom. The minimum absolute atomic E-state index is 0.522. The molecule has 0 atom stereocenters. The maximum Gasteiger partial charge on any atom is 0.161 e. The maximum atomic E-state index is 5.62. The SMILES string of the molecule is Cc1cc(N(C)Cc2ccc(N)nc2)nc(-c2ccncc2)n1. The first-order chi connectivity index (χ1) is 11.1. The number of nitrogen functional groups attached to an aromatic ring is 1. The van der Waals surface area contributed by atoms with Crippen molar-refractivity contribution in [2.24, 2.45) is 0 Å². The summed E-state index contributed by atoms with van der Waals surface area (Å²) in [6.07, 6.45) is 5.26. The lowest BCUT2D eigenvalue weighted by Gasteiger charge is -2.19. The van der Waals surface area contributed by atoms with Crippen LogP contribution in [0.25, 0.3) is 11.4 Å². The molecule has 6 heteroatoms. The number of aromatic nitrogens is 4. The average molecular weight is 306 g/mol. The molecule has 0 aliphatic rings. The van der Waals surface area contributed by atoms with Gasteiger partial charge in [-0.3, -0.25) is 4.98 Å². The first kappa shape index (κ1) is 14.9. The number of anilines is 2. The number of nitrogens with zero attached hydrogens (tertiary/aromatic N) is 5. The molecular formula is C17H18N6. The quantitative estimate of drug-likeness (QED) is 0.797. The summed E-state index contributed by atoms with van der Waals surface area (Å²) in [5, 5.41) is 0. The molecule has 116 valence electrons.